The van der Waals surface area contributed by atoms with Gasteiger partial charge in [0.2, 0.25) is 0 Å². The predicted molar refractivity (Wildman–Crippen MR) is 53.7 cm³/mol. The normalized spacial score (nSPS) is 10.9. The van der Waals surface area contributed by atoms with Gasteiger partial charge in [-0.1, -0.05) is 13.3 Å². The fourth-order valence-corrected chi connectivity index (χ4v) is 1.00. The number of unbranched alkanes of at least 4 members (excludes halogenated alkanes) is 1. The summed E-state index contributed by atoms with van der Waals surface area (Å²) in [6.07, 6.45) is 0.304. The Bertz CT molecular complexity index is 222. The zero-order valence-corrected chi connectivity index (χ0v) is 9.41. The molecule has 0 aliphatic rings. The quantitative estimate of drug-likeness (QED) is 0.546. The first-order chi connectivity index (χ1) is 6.87. The molecule has 0 aliphatic carbocycles. The molecule has 0 aromatic carbocycles. The summed E-state index contributed by atoms with van der Waals surface area (Å²) in [7, 11) is 0. The molecular weight excluding hydrogens is 200 g/mol. The van der Waals surface area contributed by atoms with Gasteiger partial charge in [0.25, 0.3) is 0 Å². The summed E-state index contributed by atoms with van der Waals surface area (Å²) in [6.45, 7) is 5.42. The van der Waals surface area contributed by atoms with Crippen molar-refractivity contribution in [2.75, 3.05) is 6.61 Å². The lowest BCUT2D eigenvalue weighted by molar-refractivity contribution is -0.148. The summed E-state index contributed by atoms with van der Waals surface area (Å²) in [5.41, 5.74) is -1.03. The van der Waals surface area contributed by atoms with E-state index in [9.17, 15) is 9.59 Å². The maximum atomic E-state index is 11.2. The first kappa shape index (κ1) is 13.7. The van der Waals surface area contributed by atoms with Crippen LogP contribution in [0.1, 0.15) is 40.0 Å². The van der Waals surface area contributed by atoms with Gasteiger partial charge in [0, 0.05) is 0 Å². The van der Waals surface area contributed by atoms with Crippen molar-refractivity contribution in [3.05, 3.63) is 0 Å². The number of hydrogen-bond donors (Lipinski definition) is 1. The third kappa shape index (κ3) is 7.78. The lowest BCUT2D eigenvalue weighted by atomic mass is 10.1. The van der Waals surface area contributed by atoms with Gasteiger partial charge in [0.15, 0.2) is 0 Å². The van der Waals surface area contributed by atoms with Crippen LogP contribution in [0.5, 0.6) is 0 Å². The zero-order valence-electron chi connectivity index (χ0n) is 9.41. The molecule has 5 heteroatoms. The summed E-state index contributed by atoms with van der Waals surface area (Å²) in [5.74, 6) is -0.435. The van der Waals surface area contributed by atoms with Gasteiger partial charge in [-0.2, -0.15) is 0 Å². The molecule has 0 rings (SSSR count). The molecule has 0 radical (unpaired) electrons. The van der Waals surface area contributed by atoms with E-state index in [1.54, 1.807) is 0 Å². The van der Waals surface area contributed by atoms with Crippen LogP contribution in [0.25, 0.3) is 0 Å². The van der Waals surface area contributed by atoms with Gasteiger partial charge in [-0.3, -0.25) is 4.79 Å². The number of carboxylic acid groups (broad SMARTS) is 1. The Balaban J connectivity index is 3.88. The number of carbonyl (C=O) groups is 2. The molecule has 5 nitrogen and oxygen atoms in total. The van der Waals surface area contributed by atoms with E-state index in [0.29, 0.717) is 6.61 Å². The highest BCUT2D eigenvalue weighted by Crippen LogP contribution is 2.15. The Morgan fingerprint density at radius 1 is 1.33 bits per heavy atom. The molecule has 0 amide bonds. The van der Waals surface area contributed by atoms with Crippen LogP contribution in [0.4, 0.5) is 4.79 Å². The highest BCUT2D eigenvalue weighted by Gasteiger charge is 2.27. The van der Waals surface area contributed by atoms with Crippen molar-refractivity contribution in [3.63, 3.8) is 0 Å². The topological polar surface area (TPSA) is 72.8 Å². The molecular formula is C10H18O5. The minimum Gasteiger partial charge on any atom is -0.466 e. The van der Waals surface area contributed by atoms with Crippen molar-refractivity contribution in [2.24, 2.45) is 0 Å². The zero-order chi connectivity index (χ0) is 11.9. The molecule has 15 heavy (non-hydrogen) atoms. The van der Waals surface area contributed by atoms with Crippen LogP contribution >= 0.6 is 0 Å². The molecule has 1 N–H and O–H groups in total. The Labute approximate surface area is 89.4 Å². The average molecular weight is 218 g/mol. The molecule has 0 aromatic heterocycles. The van der Waals surface area contributed by atoms with E-state index in [4.69, 9.17) is 9.84 Å². The van der Waals surface area contributed by atoms with E-state index < -0.39 is 17.7 Å². The first-order valence-electron chi connectivity index (χ1n) is 4.95. The third-order valence-electron chi connectivity index (χ3n) is 1.69. The fourth-order valence-electron chi connectivity index (χ4n) is 1.00. The first-order valence-corrected chi connectivity index (χ1v) is 4.95. The molecule has 0 saturated carbocycles. The monoisotopic (exact) mass is 218 g/mol. The van der Waals surface area contributed by atoms with Crippen molar-refractivity contribution in [1.82, 2.24) is 0 Å². The Kier molecular flexibility index (Phi) is 5.74. The van der Waals surface area contributed by atoms with Gasteiger partial charge >= 0.3 is 12.1 Å². The van der Waals surface area contributed by atoms with Crippen molar-refractivity contribution >= 4 is 12.1 Å². The Morgan fingerprint density at radius 2 is 1.93 bits per heavy atom. The Morgan fingerprint density at radius 3 is 2.40 bits per heavy atom. The second kappa shape index (κ2) is 6.27. The van der Waals surface area contributed by atoms with E-state index >= 15 is 0 Å². The molecule has 0 aromatic rings. The van der Waals surface area contributed by atoms with Gasteiger partial charge in [-0.05, 0) is 20.3 Å². The Hall–Kier alpha value is -1.26. The minimum atomic E-state index is -1.39. The van der Waals surface area contributed by atoms with Crippen LogP contribution in [-0.4, -0.2) is 29.4 Å². The number of rotatable bonds is 6. The number of hydrogen-bond acceptors (Lipinski definition) is 4. The summed E-state index contributed by atoms with van der Waals surface area (Å²) in [4.78, 5) is 21.5. The van der Waals surface area contributed by atoms with E-state index in [0.717, 1.165) is 12.8 Å². The van der Waals surface area contributed by atoms with Gasteiger partial charge in [0.05, 0.1) is 13.0 Å². The lowest BCUT2D eigenvalue weighted by Crippen LogP contribution is -2.31. The molecule has 0 aliphatic heterocycles. The van der Waals surface area contributed by atoms with Crippen molar-refractivity contribution in [2.45, 2.75) is 45.6 Å². The van der Waals surface area contributed by atoms with Gasteiger partial charge in [0.1, 0.15) is 5.60 Å². The van der Waals surface area contributed by atoms with Crippen molar-refractivity contribution < 1.29 is 24.2 Å². The van der Waals surface area contributed by atoms with Gasteiger partial charge in [-0.15, -0.1) is 0 Å². The highest BCUT2D eigenvalue weighted by atomic mass is 16.7. The SMILES string of the molecule is CCCCOC(=O)CC(C)(C)OC(=O)O. The number of ether oxygens (including phenoxy) is 2. The summed E-state index contributed by atoms with van der Waals surface area (Å²) in [5, 5.41) is 8.40. The molecule has 0 fully saturated rings. The second-order valence-corrected chi connectivity index (χ2v) is 3.88. The van der Waals surface area contributed by atoms with E-state index in [1.807, 2.05) is 6.92 Å². The van der Waals surface area contributed by atoms with Crippen molar-refractivity contribution in [1.29, 1.82) is 0 Å². The maximum absolute atomic E-state index is 11.2. The van der Waals surface area contributed by atoms with E-state index in [-0.39, 0.29) is 6.42 Å². The fraction of sp³-hybridized carbons (Fsp3) is 0.800. The average Bonchev–Trinajstić information content (AvgIpc) is 2.00. The molecule has 0 unspecified atom stereocenters. The van der Waals surface area contributed by atoms with Gasteiger partial charge in [-0.25, -0.2) is 4.79 Å². The molecule has 0 saturated heterocycles. The molecule has 0 bridgehead atoms. The van der Waals surface area contributed by atoms with Crippen LogP contribution in [0.15, 0.2) is 0 Å². The van der Waals surface area contributed by atoms with E-state index in [2.05, 4.69) is 4.74 Å². The van der Waals surface area contributed by atoms with Crippen molar-refractivity contribution in [3.8, 4) is 0 Å². The van der Waals surface area contributed by atoms with Crippen LogP contribution in [0.3, 0.4) is 0 Å². The van der Waals surface area contributed by atoms with Crippen LogP contribution in [0, 0.1) is 0 Å². The lowest BCUT2D eigenvalue weighted by Gasteiger charge is -2.21. The number of esters is 1. The maximum Gasteiger partial charge on any atom is 0.506 e. The smallest absolute Gasteiger partial charge is 0.466 e. The highest BCUT2D eigenvalue weighted by molar-refractivity contribution is 5.71. The number of carbonyl (C=O) groups excluding carboxylic acids is 1. The molecule has 0 heterocycles. The molecule has 0 spiro atoms. The summed E-state index contributed by atoms with van der Waals surface area (Å²) >= 11 is 0. The van der Waals surface area contributed by atoms with Gasteiger partial charge < -0.3 is 14.6 Å². The largest absolute Gasteiger partial charge is 0.506 e. The third-order valence-corrected chi connectivity index (χ3v) is 1.69. The predicted octanol–water partition coefficient (Wildman–Crippen LogP) is 2.19. The second-order valence-electron chi connectivity index (χ2n) is 3.88. The standard InChI is InChI=1S/C10H18O5/c1-4-5-6-14-8(11)7-10(2,3)15-9(12)13/h4-7H2,1-3H3,(H,12,13). The van der Waals surface area contributed by atoms with E-state index in [1.165, 1.54) is 13.8 Å². The van der Waals surface area contributed by atoms with Crippen LogP contribution in [-0.2, 0) is 14.3 Å². The molecule has 0 atom stereocenters. The van der Waals surface area contributed by atoms with Crippen LogP contribution in [0.2, 0.25) is 0 Å². The summed E-state index contributed by atoms with van der Waals surface area (Å²) in [6, 6.07) is 0. The summed E-state index contributed by atoms with van der Waals surface area (Å²) < 4.78 is 9.42. The minimum absolute atomic E-state index is 0.0665. The molecule has 88 valence electrons. The van der Waals surface area contributed by atoms with Crippen LogP contribution < -0.4 is 0 Å².